The van der Waals surface area contributed by atoms with E-state index >= 15 is 0 Å². The van der Waals surface area contributed by atoms with Crippen LogP contribution < -0.4 is 5.73 Å². The lowest BCUT2D eigenvalue weighted by molar-refractivity contribution is -0.147. The molecule has 98 valence electrons. The quantitative estimate of drug-likeness (QED) is 0.806. The highest BCUT2D eigenvalue weighted by molar-refractivity contribution is 7.13. The van der Waals surface area contributed by atoms with E-state index in [1.54, 1.807) is 5.38 Å². The van der Waals surface area contributed by atoms with Crippen LogP contribution in [0, 0.1) is 0 Å². The van der Waals surface area contributed by atoms with Gasteiger partial charge in [0.05, 0.1) is 7.11 Å². The van der Waals surface area contributed by atoms with Crippen LogP contribution in [0.2, 0.25) is 0 Å². The molecule has 2 rings (SSSR count). The van der Waals surface area contributed by atoms with Gasteiger partial charge in [-0.05, 0) is 19.3 Å². The summed E-state index contributed by atoms with van der Waals surface area (Å²) in [7, 11) is 1.33. The third-order valence-electron chi connectivity index (χ3n) is 2.98. The third-order valence-corrected chi connectivity index (χ3v) is 3.65. The topological polar surface area (TPSA) is 85.5 Å². The second kappa shape index (κ2) is 5.34. The van der Waals surface area contributed by atoms with Crippen molar-refractivity contribution in [1.82, 2.24) is 9.88 Å². The molecule has 0 aliphatic carbocycles. The number of amides is 1. The molecule has 6 nitrogen and oxygen atoms in total. The van der Waals surface area contributed by atoms with Crippen LogP contribution in [0.1, 0.15) is 29.8 Å². The molecule has 1 aliphatic rings. The van der Waals surface area contributed by atoms with Gasteiger partial charge in [-0.1, -0.05) is 0 Å². The van der Waals surface area contributed by atoms with Crippen molar-refractivity contribution in [3.8, 4) is 0 Å². The molecule has 0 radical (unpaired) electrons. The molecule has 0 bridgehead atoms. The highest BCUT2D eigenvalue weighted by Crippen LogP contribution is 2.21. The molecule has 18 heavy (non-hydrogen) atoms. The van der Waals surface area contributed by atoms with E-state index in [2.05, 4.69) is 4.98 Å². The normalized spacial score (nSPS) is 19.6. The standard InChI is InChI=1S/C11H15N3O3S/c1-17-10(16)8-4-2-3-5-14(8)9(15)7-6-18-11(12)13-7/h6,8H,2-5H2,1H3,(H2,12,13). The summed E-state index contributed by atoms with van der Waals surface area (Å²) in [4.78, 5) is 29.4. The van der Waals surface area contributed by atoms with Gasteiger partial charge >= 0.3 is 5.97 Å². The van der Waals surface area contributed by atoms with Crippen molar-refractivity contribution < 1.29 is 14.3 Å². The first kappa shape index (κ1) is 12.8. The predicted molar refractivity (Wildman–Crippen MR) is 67.2 cm³/mol. The highest BCUT2D eigenvalue weighted by Gasteiger charge is 2.34. The van der Waals surface area contributed by atoms with Gasteiger partial charge in [-0.15, -0.1) is 11.3 Å². The zero-order chi connectivity index (χ0) is 13.1. The number of esters is 1. The molecule has 1 aromatic rings. The van der Waals surface area contributed by atoms with Crippen molar-refractivity contribution in [2.75, 3.05) is 19.4 Å². The zero-order valence-corrected chi connectivity index (χ0v) is 10.9. The maximum atomic E-state index is 12.3. The van der Waals surface area contributed by atoms with Crippen LogP contribution in [0.15, 0.2) is 5.38 Å². The monoisotopic (exact) mass is 269 g/mol. The maximum absolute atomic E-state index is 12.3. The minimum atomic E-state index is -0.501. The number of methoxy groups -OCH3 is 1. The molecule has 1 amide bonds. The van der Waals surface area contributed by atoms with Crippen LogP contribution in [0.4, 0.5) is 5.13 Å². The molecule has 1 unspecified atom stereocenters. The minimum Gasteiger partial charge on any atom is -0.467 e. The summed E-state index contributed by atoms with van der Waals surface area (Å²) in [6, 6.07) is -0.501. The number of aromatic nitrogens is 1. The molecule has 0 saturated carbocycles. The SMILES string of the molecule is COC(=O)C1CCCCN1C(=O)c1csc(N)n1. The summed E-state index contributed by atoms with van der Waals surface area (Å²) in [6.45, 7) is 0.552. The molecule has 1 aliphatic heterocycles. The number of likely N-dealkylation sites (tertiary alicyclic amines) is 1. The Morgan fingerprint density at radius 1 is 1.56 bits per heavy atom. The molecule has 7 heteroatoms. The summed E-state index contributed by atoms with van der Waals surface area (Å²) >= 11 is 1.22. The van der Waals surface area contributed by atoms with E-state index in [9.17, 15) is 9.59 Å². The van der Waals surface area contributed by atoms with E-state index in [0.717, 1.165) is 12.8 Å². The van der Waals surface area contributed by atoms with Gasteiger partial charge in [0.15, 0.2) is 5.13 Å². The number of nitrogens with two attached hydrogens (primary N) is 1. The maximum Gasteiger partial charge on any atom is 0.328 e. The van der Waals surface area contributed by atoms with E-state index in [1.165, 1.54) is 23.3 Å². The molecule has 1 aromatic heterocycles. The van der Waals surface area contributed by atoms with Gasteiger partial charge in [-0.2, -0.15) is 0 Å². The number of carbonyl (C=O) groups excluding carboxylic acids is 2. The smallest absolute Gasteiger partial charge is 0.328 e. The minimum absolute atomic E-state index is 0.252. The number of nitrogen functional groups attached to an aromatic ring is 1. The van der Waals surface area contributed by atoms with Crippen molar-refractivity contribution in [3.63, 3.8) is 0 Å². The number of thiazole rings is 1. The molecule has 0 spiro atoms. The Labute approximate surface area is 109 Å². The fraction of sp³-hybridized carbons (Fsp3) is 0.545. The average molecular weight is 269 g/mol. The Hall–Kier alpha value is -1.63. The zero-order valence-electron chi connectivity index (χ0n) is 10.1. The number of hydrogen-bond acceptors (Lipinski definition) is 6. The average Bonchev–Trinajstić information content (AvgIpc) is 2.83. The van der Waals surface area contributed by atoms with Gasteiger partial charge in [0, 0.05) is 11.9 Å². The van der Waals surface area contributed by atoms with Crippen molar-refractivity contribution in [3.05, 3.63) is 11.1 Å². The lowest BCUT2D eigenvalue weighted by Gasteiger charge is -2.33. The molecule has 2 N–H and O–H groups in total. The molecular formula is C11H15N3O3S. The third kappa shape index (κ3) is 2.45. The number of nitrogens with zero attached hydrogens (tertiary/aromatic N) is 2. The molecule has 0 aromatic carbocycles. The van der Waals surface area contributed by atoms with E-state index in [4.69, 9.17) is 10.5 Å². The number of piperidine rings is 1. The van der Waals surface area contributed by atoms with Crippen LogP contribution >= 0.6 is 11.3 Å². The van der Waals surface area contributed by atoms with Gasteiger partial charge in [0.2, 0.25) is 0 Å². The van der Waals surface area contributed by atoms with E-state index in [0.29, 0.717) is 23.8 Å². The second-order valence-corrected chi connectivity index (χ2v) is 4.99. The molecule has 1 atom stereocenters. The largest absolute Gasteiger partial charge is 0.467 e. The number of ether oxygens (including phenoxy) is 1. The Bertz CT molecular complexity index is 460. The predicted octanol–water partition coefficient (Wildman–Crippen LogP) is 0.893. The lowest BCUT2D eigenvalue weighted by Crippen LogP contribution is -2.48. The van der Waals surface area contributed by atoms with Crippen LogP contribution in [-0.4, -0.2) is 41.5 Å². The number of anilines is 1. The molecule has 1 fully saturated rings. The Balaban J connectivity index is 2.18. The van der Waals surface area contributed by atoms with E-state index in [-0.39, 0.29) is 11.9 Å². The number of rotatable bonds is 2. The Kier molecular flexibility index (Phi) is 3.81. The Morgan fingerprint density at radius 2 is 2.33 bits per heavy atom. The summed E-state index contributed by atoms with van der Waals surface area (Å²) < 4.78 is 4.74. The number of carbonyl (C=O) groups is 2. The van der Waals surface area contributed by atoms with Crippen molar-refractivity contribution in [2.24, 2.45) is 0 Å². The molecule has 1 saturated heterocycles. The number of hydrogen-bond donors (Lipinski definition) is 1. The van der Waals surface area contributed by atoms with Crippen LogP contribution in [-0.2, 0) is 9.53 Å². The highest BCUT2D eigenvalue weighted by atomic mass is 32.1. The van der Waals surface area contributed by atoms with Gasteiger partial charge in [0.25, 0.3) is 5.91 Å². The fourth-order valence-corrected chi connectivity index (χ4v) is 2.63. The molecular weight excluding hydrogens is 254 g/mol. The van der Waals surface area contributed by atoms with Gasteiger partial charge < -0.3 is 15.4 Å². The summed E-state index contributed by atoms with van der Waals surface area (Å²) in [5, 5.41) is 1.96. The summed E-state index contributed by atoms with van der Waals surface area (Å²) in [6.07, 6.45) is 2.44. The van der Waals surface area contributed by atoms with Crippen LogP contribution in [0.25, 0.3) is 0 Å². The van der Waals surface area contributed by atoms with Gasteiger partial charge in [0.1, 0.15) is 11.7 Å². The second-order valence-electron chi connectivity index (χ2n) is 4.10. The van der Waals surface area contributed by atoms with Crippen molar-refractivity contribution in [1.29, 1.82) is 0 Å². The van der Waals surface area contributed by atoms with Gasteiger partial charge in [-0.3, -0.25) is 4.79 Å². The van der Waals surface area contributed by atoms with Gasteiger partial charge in [-0.25, -0.2) is 9.78 Å². The summed E-state index contributed by atoms with van der Waals surface area (Å²) in [5.74, 6) is -0.621. The Morgan fingerprint density at radius 3 is 2.94 bits per heavy atom. The van der Waals surface area contributed by atoms with Crippen LogP contribution in [0.3, 0.4) is 0 Å². The van der Waals surface area contributed by atoms with E-state index < -0.39 is 6.04 Å². The van der Waals surface area contributed by atoms with E-state index in [1.807, 2.05) is 0 Å². The lowest BCUT2D eigenvalue weighted by atomic mass is 10.0. The first-order chi connectivity index (χ1) is 8.63. The first-order valence-electron chi connectivity index (χ1n) is 5.73. The van der Waals surface area contributed by atoms with Crippen molar-refractivity contribution >= 4 is 28.3 Å². The summed E-state index contributed by atoms with van der Waals surface area (Å²) in [5.41, 5.74) is 5.81. The van der Waals surface area contributed by atoms with Crippen LogP contribution in [0.5, 0.6) is 0 Å². The van der Waals surface area contributed by atoms with Crippen molar-refractivity contribution in [2.45, 2.75) is 25.3 Å². The fourth-order valence-electron chi connectivity index (χ4n) is 2.09. The first-order valence-corrected chi connectivity index (χ1v) is 6.61. The molecule has 2 heterocycles.